The number of rotatable bonds is 13. The number of benzene rings is 2. The van der Waals surface area contributed by atoms with Crippen LogP contribution in [0, 0.1) is 0 Å². The third-order valence-corrected chi connectivity index (χ3v) is 12.2. The quantitative estimate of drug-likeness (QED) is 0.0832. The summed E-state index contributed by atoms with van der Waals surface area (Å²) in [7, 11) is -7.98. The Labute approximate surface area is 297 Å². The van der Waals surface area contributed by atoms with E-state index in [1.54, 1.807) is 0 Å². The number of anilines is 1. The van der Waals surface area contributed by atoms with Gasteiger partial charge in [-0.05, 0) is 81.2 Å². The molecule has 0 spiro atoms. The summed E-state index contributed by atoms with van der Waals surface area (Å²) in [4.78, 5) is 3.25. The standard InChI is InChI=1S/C38H48N2O6S3/c1-37(2)30-16-5-7-18-32(30)39(24-9-11-26-48(41,42)43)34(37)22-20-28-14-13-15-29(36(28)47)21-23-35-38(3,4)31-17-6-8-19-33(31)40(35)25-10-12-27-49(44,45)46/h5-8,16-23H,9-15,24-27H2,1-4H3,(H2,41,42,43,44,45,46)/p+1. The number of hydrogen-bond donors (Lipinski definition) is 3. The van der Waals surface area contributed by atoms with Crippen molar-refractivity contribution in [2.45, 2.75) is 83.5 Å². The van der Waals surface area contributed by atoms with Gasteiger partial charge in [0.05, 0.1) is 16.9 Å². The Balaban J connectivity index is 1.44. The van der Waals surface area contributed by atoms with Crippen LogP contribution in [-0.2, 0) is 31.1 Å². The van der Waals surface area contributed by atoms with E-state index in [2.05, 4.69) is 97.9 Å². The second-order valence-corrected chi connectivity index (χ2v) is 17.9. The zero-order chi connectivity index (χ0) is 35.6. The van der Waals surface area contributed by atoms with Crippen molar-refractivity contribution >= 4 is 50.0 Å². The van der Waals surface area contributed by atoms with Gasteiger partial charge in [0.25, 0.3) is 20.2 Å². The Kier molecular flexibility index (Phi) is 11.2. The van der Waals surface area contributed by atoms with Gasteiger partial charge in [-0.3, -0.25) is 9.11 Å². The molecule has 264 valence electrons. The van der Waals surface area contributed by atoms with Crippen molar-refractivity contribution < 1.29 is 30.5 Å². The van der Waals surface area contributed by atoms with E-state index in [4.69, 9.17) is 12.6 Å². The second-order valence-electron chi connectivity index (χ2n) is 14.3. The van der Waals surface area contributed by atoms with Crippen LogP contribution >= 0.6 is 12.6 Å². The van der Waals surface area contributed by atoms with Crippen LogP contribution in [-0.4, -0.2) is 60.8 Å². The topological polar surface area (TPSA) is 115 Å². The van der Waals surface area contributed by atoms with Crippen molar-refractivity contribution in [3.63, 3.8) is 0 Å². The molecule has 0 unspecified atom stereocenters. The molecule has 0 amide bonds. The molecular weight excluding hydrogens is 677 g/mol. The van der Waals surface area contributed by atoms with Gasteiger partial charge in [0.1, 0.15) is 6.54 Å². The molecule has 3 aliphatic rings. The third-order valence-electron chi connectivity index (χ3n) is 10.1. The first-order valence-corrected chi connectivity index (χ1v) is 20.7. The lowest BCUT2D eigenvalue weighted by molar-refractivity contribution is -0.438. The van der Waals surface area contributed by atoms with Gasteiger partial charge >= 0.3 is 0 Å². The molecule has 1 aliphatic carbocycles. The normalized spacial score (nSPS) is 20.6. The average Bonchev–Trinajstić information content (AvgIpc) is 3.37. The van der Waals surface area contributed by atoms with E-state index < -0.39 is 20.2 Å². The van der Waals surface area contributed by atoms with Crippen molar-refractivity contribution in [3.05, 3.63) is 106 Å². The fourth-order valence-corrected chi connectivity index (χ4v) is 8.98. The van der Waals surface area contributed by atoms with Crippen LogP contribution in [0.1, 0.15) is 83.8 Å². The molecule has 5 rings (SSSR count). The summed E-state index contributed by atoms with van der Waals surface area (Å²) >= 11 is 5.06. The van der Waals surface area contributed by atoms with Crippen molar-refractivity contribution in [3.8, 4) is 0 Å². The van der Waals surface area contributed by atoms with Crippen LogP contribution in [0.5, 0.6) is 0 Å². The zero-order valence-corrected chi connectivity index (χ0v) is 31.4. The molecule has 2 aromatic carbocycles. The molecule has 2 aliphatic heterocycles. The van der Waals surface area contributed by atoms with Crippen molar-refractivity contribution in [1.82, 2.24) is 0 Å². The minimum Gasteiger partial charge on any atom is -0.344 e. The van der Waals surface area contributed by atoms with Gasteiger partial charge in [-0.2, -0.15) is 21.4 Å². The van der Waals surface area contributed by atoms with Gasteiger partial charge < -0.3 is 4.90 Å². The molecule has 0 aromatic heterocycles. The van der Waals surface area contributed by atoms with Gasteiger partial charge in [0, 0.05) is 52.4 Å². The summed E-state index contributed by atoms with van der Waals surface area (Å²) < 4.78 is 66.0. The number of unbranched alkanes of at least 4 members (excludes halogenated alkanes) is 2. The lowest BCUT2D eigenvalue weighted by Gasteiger charge is -2.27. The molecule has 0 radical (unpaired) electrons. The Morgan fingerprint density at radius 2 is 1.43 bits per heavy atom. The zero-order valence-electron chi connectivity index (χ0n) is 28.9. The van der Waals surface area contributed by atoms with Crippen LogP contribution in [0.4, 0.5) is 11.4 Å². The summed E-state index contributed by atoms with van der Waals surface area (Å²) in [5, 5.41) is 0. The highest BCUT2D eigenvalue weighted by Gasteiger charge is 2.44. The number of allylic oxidation sites excluding steroid dienone is 7. The van der Waals surface area contributed by atoms with Gasteiger partial charge in [-0.1, -0.05) is 62.4 Å². The van der Waals surface area contributed by atoms with E-state index in [1.165, 1.54) is 22.3 Å². The van der Waals surface area contributed by atoms with Crippen LogP contribution in [0.2, 0.25) is 0 Å². The highest BCUT2D eigenvalue weighted by Crippen LogP contribution is 2.48. The predicted molar refractivity (Wildman–Crippen MR) is 203 cm³/mol. The highest BCUT2D eigenvalue weighted by molar-refractivity contribution is 7.86. The van der Waals surface area contributed by atoms with Crippen molar-refractivity contribution in [2.24, 2.45) is 0 Å². The van der Waals surface area contributed by atoms with Crippen LogP contribution in [0.3, 0.4) is 0 Å². The van der Waals surface area contributed by atoms with Crippen LogP contribution < -0.4 is 4.90 Å². The summed E-state index contributed by atoms with van der Waals surface area (Å²) in [6, 6.07) is 16.7. The fourth-order valence-electron chi connectivity index (χ4n) is 7.47. The summed E-state index contributed by atoms with van der Waals surface area (Å²) in [6.07, 6.45) is 13.6. The SMILES string of the molecule is CC1(C)C(=CC=C2CCCC(C=CC3=[N+](CCCCS(=O)(=O)O)c4ccccc4C3(C)C)=C2S)N(CCCCS(=O)(=O)O)c2ccccc21. The Bertz CT molecular complexity index is 1970. The Hall–Kier alpha value is -2.96. The van der Waals surface area contributed by atoms with E-state index >= 15 is 0 Å². The lowest BCUT2D eigenvalue weighted by Crippen LogP contribution is -2.28. The van der Waals surface area contributed by atoms with Crippen molar-refractivity contribution in [1.29, 1.82) is 0 Å². The second kappa shape index (κ2) is 14.7. The summed E-state index contributed by atoms with van der Waals surface area (Å²) in [5.41, 5.74) is 8.81. The molecule has 0 saturated heterocycles. The molecule has 0 fully saturated rings. The molecule has 2 aromatic rings. The van der Waals surface area contributed by atoms with Gasteiger partial charge in [0.2, 0.25) is 5.69 Å². The molecule has 0 bridgehead atoms. The molecule has 11 heteroatoms. The van der Waals surface area contributed by atoms with E-state index in [1.807, 2.05) is 12.1 Å². The first-order chi connectivity index (χ1) is 23.0. The monoisotopic (exact) mass is 725 g/mol. The minimum absolute atomic E-state index is 0.243. The molecule has 2 N–H and O–H groups in total. The maximum absolute atomic E-state index is 11.3. The molecule has 2 heterocycles. The molecule has 0 atom stereocenters. The number of fused-ring (bicyclic) bond motifs is 2. The number of nitrogens with zero attached hydrogens (tertiary/aromatic N) is 2. The maximum atomic E-state index is 11.3. The Morgan fingerprint density at radius 3 is 2.12 bits per heavy atom. The van der Waals surface area contributed by atoms with Gasteiger partial charge in [-0.15, -0.1) is 12.6 Å². The highest BCUT2D eigenvalue weighted by atomic mass is 32.2. The summed E-state index contributed by atoms with van der Waals surface area (Å²) in [6.45, 7) is 10.2. The van der Waals surface area contributed by atoms with Crippen molar-refractivity contribution in [2.75, 3.05) is 29.5 Å². The van der Waals surface area contributed by atoms with E-state index in [-0.39, 0.29) is 22.3 Å². The third kappa shape index (κ3) is 8.51. The molecule has 49 heavy (non-hydrogen) atoms. The molecular formula is C38H49N2O6S3+. The van der Waals surface area contributed by atoms with E-state index in [9.17, 15) is 25.9 Å². The Morgan fingerprint density at radius 1 is 0.796 bits per heavy atom. The summed E-state index contributed by atoms with van der Waals surface area (Å²) in [5.74, 6) is -0.486. The van der Waals surface area contributed by atoms with Gasteiger partial charge in [-0.25, -0.2) is 0 Å². The molecule has 8 nitrogen and oxygen atoms in total. The molecule has 0 saturated carbocycles. The fraction of sp³-hybridized carbons (Fsp3) is 0.447. The maximum Gasteiger partial charge on any atom is 0.264 e. The first kappa shape index (κ1) is 37.3. The van der Waals surface area contributed by atoms with E-state index in [0.717, 1.165) is 47.0 Å². The van der Waals surface area contributed by atoms with Crippen LogP contribution in [0.15, 0.2) is 94.6 Å². The number of hydrogen-bond acceptors (Lipinski definition) is 6. The minimum atomic E-state index is -3.99. The predicted octanol–water partition coefficient (Wildman–Crippen LogP) is 7.93. The van der Waals surface area contributed by atoms with E-state index in [0.29, 0.717) is 38.8 Å². The first-order valence-electron chi connectivity index (χ1n) is 17.0. The van der Waals surface area contributed by atoms with Crippen LogP contribution in [0.25, 0.3) is 0 Å². The largest absolute Gasteiger partial charge is 0.344 e. The average molecular weight is 726 g/mol. The van der Waals surface area contributed by atoms with Gasteiger partial charge in [0.15, 0.2) is 5.71 Å². The number of thiol groups is 1. The number of para-hydroxylation sites is 2. The lowest BCUT2D eigenvalue weighted by atomic mass is 9.81. The smallest absolute Gasteiger partial charge is 0.264 e.